The maximum Gasteiger partial charge on any atom is 0.263 e. The normalized spacial score (nSPS) is 22.6. The van der Waals surface area contributed by atoms with E-state index in [2.05, 4.69) is 16.8 Å². The number of nitrogens with zero attached hydrogens (tertiary/aromatic N) is 2. The number of anilines is 1. The van der Waals surface area contributed by atoms with E-state index in [0.717, 1.165) is 50.8 Å². The van der Waals surface area contributed by atoms with Crippen molar-refractivity contribution in [1.82, 2.24) is 10.2 Å². The van der Waals surface area contributed by atoms with Crippen LogP contribution in [0.4, 0.5) is 5.69 Å². The third-order valence-electron chi connectivity index (χ3n) is 6.92. The van der Waals surface area contributed by atoms with Gasteiger partial charge in [0, 0.05) is 25.7 Å². The Morgan fingerprint density at radius 2 is 1.77 bits per heavy atom. The van der Waals surface area contributed by atoms with Crippen LogP contribution < -0.4 is 10.2 Å². The summed E-state index contributed by atoms with van der Waals surface area (Å²) in [7, 11) is 0. The first-order valence-corrected chi connectivity index (χ1v) is 11.8. The molecule has 1 saturated carbocycles. The van der Waals surface area contributed by atoms with Gasteiger partial charge in [0.25, 0.3) is 11.8 Å². The summed E-state index contributed by atoms with van der Waals surface area (Å²) in [6.45, 7) is 5.45. The molecule has 1 N–H and O–H groups in total. The third-order valence-corrected chi connectivity index (χ3v) is 6.92. The Labute approximate surface area is 184 Å². The lowest BCUT2D eigenvalue weighted by Gasteiger charge is -2.34. The SMILES string of the molecule is C=CCNC(=O)[C@@H]1CCCN(c2cccc3c2C(=O)N(C2CCCCCCC2)C3=O)C1. The summed E-state index contributed by atoms with van der Waals surface area (Å²) in [6, 6.07) is 5.57. The molecule has 1 aromatic carbocycles. The summed E-state index contributed by atoms with van der Waals surface area (Å²) in [6.07, 6.45) is 10.9. The number of hydrogen-bond acceptors (Lipinski definition) is 4. The number of carbonyl (C=O) groups is 3. The van der Waals surface area contributed by atoms with E-state index in [1.165, 1.54) is 24.2 Å². The van der Waals surface area contributed by atoms with Crippen molar-refractivity contribution in [3.63, 3.8) is 0 Å². The quantitative estimate of drug-likeness (QED) is 0.576. The van der Waals surface area contributed by atoms with Gasteiger partial charge in [0.05, 0.1) is 22.7 Å². The van der Waals surface area contributed by atoms with Crippen molar-refractivity contribution < 1.29 is 14.4 Å². The minimum Gasteiger partial charge on any atom is -0.370 e. The van der Waals surface area contributed by atoms with Crippen molar-refractivity contribution in [2.45, 2.75) is 63.8 Å². The van der Waals surface area contributed by atoms with Crippen LogP contribution >= 0.6 is 0 Å². The van der Waals surface area contributed by atoms with Crippen LogP contribution in [0.5, 0.6) is 0 Å². The predicted molar refractivity (Wildman–Crippen MR) is 121 cm³/mol. The largest absolute Gasteiger partial charge is 0.370 e. The second-order valence-electron chi connectivity index (χ2n) is 9.00. The topological polar surface area (TPSA) is 69.7 Å². The fourth-order valence-corrected chi connectivity index (χ4v) is 5.30. The second kappa shape index (κ2) is 9.67. The maximum absolute atomic E-state index is 13.5. The molecule has 6 nitrogen and oxygen atoms in total. The van der Waals surface area contributed by atoms with Crippen molar-refractivity contribution in [3.05, 3.63) is 42.0 Å². The van der Waals surface area contributed by atoms with Crippen LogP contribution in [0.1, 0.15) is 78.5 Å². The highest BCUT2D eigenvalue weighted by molar-refractivity contribution is 6.24. The number of fused-ring (bicyclic) bond motifs is 1. The lowest BCUT2D eigenvalue weighted by atomic mass is 9.95. The van der Waals surface area contributed by atoms with Crippen LogP contribution in [0, 0.1) is 5.92 Å². The Balaban J connectivity index is 1.57. The number of benzene rings is 1. The van der Waals surface area contributed by atoms with E-state index in [0.29, 0.717) is 24.2 Å². The van der Waals surface area contributed by atoms with Crippen LogP contribution in [0.3, 0.4) is 0 Å². The molecular formula is C25H33N3O3. The Hall–Kier alpha value is -2.63. The molecule has 1 saturated heterocycles. The van der Waals surface area contributed by atoms with E-state index in [-0.39, 0.29) is 29.7 Å². The van der Waals surface area contributed by atoms with Gasteiger partial charge in [0.15, 0.2) is 0 Å². The molecule has 2 aliphatic heterocycles. The number of piperidine rings is 1. The van der Waals surface area contributed by atoms with E-state index >= 15 is 0 Å². The number of imide groups is 1. The van der Waals surface area contributed by atoms with E-state index in [1.807, 2.05) is 12.1 Å². The second-order valence-corrected chi connectivity index (χ2v) is 9.00. The summed E-state index contributed by atoms with van der Waals surface area (Å²) in [5.41, 5.74) is 1.84. The molecule has 0 spiro atoms. The summed E-state index contributed by atoms with van der Waals surface area (Å²) >= 11 is 0. The maximum atomic E-state index is 13.5. The first kappa shape index (κ1) is 21.6. The highest BCUT2D eigenvalue weighted by Gasteiger charge is 2.42. The fourth-order valence-electron chi connectivity index (χ4n) is 5.30. The molecule has 0 aromatic heterocycles. The molecule has 0 radical (unpaired) electrons. The van der Waals surface area contributed by atoms with Gasteiger partial charge < -0.3 is 10.2 Å². The van der Waals surface area contributed by atoms with Gasteiger partial charge in [0.1, 0.15) is 0 Å². The zero-order chi connectivity index (χ0) is 21.8. The van der Waals surface area contributed by atoms with Crippen LogP contribution in [0.15, 0.2) is 30.9 Å². The van der Waals surface area contributed by atoms with Crippen molar-refractivity contribution in [2.24, 2.45) is 5.92 Å². The number of amides is 3. The predicted octanol–water partition coefficient (Wildman–Crippen LogP) is 3.91. The van der Waals surface area contributed by atoms with Gasteiger partial charge in [-0.1, -0.05) is 44.2 Å². The molecule has 31 heavy (non-hydrogen) atoms. The van der Waals surface area contributed by atoms with Crippen LogP contribution in [-0.2, 0) is 4.79 Å². The first-order valence-electron chi connectivity index (χ1n) is 11.8. The molecule has 166 valence electrons. The highest BCUT2D eigenvalue weighted by atomic mass is 16.2. The lowest BCUT2D eigenvalue weighted by Crippen LogP contribution is -2.44. The number of rotatable bonds is 5. The van der Waals surface area contributed by atoms with Gasteiger partial charge in [-0.05, 0) is 37.8 Å². The summed E-state index contributed by atoms with van der Waals surface area (Å²) in [5.74, 6) is -0.404. The van der Waals surface area contributed by atoms with E-state index in [4.69, 9.17) is 0 Å². The van der Waals surface area contributed by atoms with Gasteiger partial charge in [-0.25, -0.2) is 0 Å². The number of nitrogens with one attached hydrogen (secondary N) is 1. The van der Waals surface area contributed by atoms with E-state index in [9.17, 15) is 14.4 Å². The molecule has 3 aliphatic rings. The van der Waals surface area contributed by atoms with Crippen LogP contribution in [0.2, 0.25) is 0 Å². The Bertz CT molecular complexity index is 858. The minimum absolute atomic E-state index is 0.000615. The molecule has 1 aromatic rings. The zero-order valence-electron chi connectivity index (χ0n) is 18.3. The van der Waals surface area contributed by atoms with E-state index < -0.39 is 0 Å². The standard InChI is InChI=1S/C25H33N3O3/c1-2-15-26-23(29)18-10-9-16-27(17-18)21-14-8-13-20-22(21)25(31)28(24(20)30)19-11-6-4-3-5-7-12-19/h2,8,13-14,18-19H,1,3-7,9-12,15-17H2,(H,26,29)/t18-/m1/s1. The fraction of sp³-hybridized carbons (Fsp3) is 0.560. The highest BCUT2D eigenvalue weighted by Crippen LogP contribution is 2.36. The molecule has 2 fully saturated rings. The minimum atomic E-state index is -0.153. The molecule has 0 unspecified atom stereocenters. The molecule has 0 bridgehead atoms. The average Bonchev–Trinajstić information content (AvgIpc) is 3.02. The Morgan fingerprint density at radius 1 is 1.03 bits per heavy atom. The molecule has 1 aliphatic carbocycles. The number of hydrogen-bond donors (Lipinski definition) is 1. The van der Waals surface area contributed by atoms with E-state index in [1.54, 1.807) is 12.1 Å². The van der Waals surface area contributed by atoms with Gasteiger partial charge >= 0.3 is 0 Å². The van der Waals surface area contributed by atoms with Crippen molar-refractivity contribution in [1.29, 1.82) is 0 Å². The smallest absolute Gasteiger partial charge is 0.263 e. The van der Waals surface area contributed by atoms with Crippen molar-refractivity contribution in [2.75, 3.05) is 24.5 Å². The van der Waals surface area contributed by atoms with Crippen molar-refractivity contribution in [3.8, 4) is 0 Å². The molecule has 2 heterocycles. The average molecular weight is 424 g/mol. The molecule has 6 heteroatoms. The summed E-state index contributed by atoms with van der Waals surface area (Å²) < 4.78 is 0. The third kappa shape index (κ3) is 4.39. The number of carbonyl (C=O) groups excluding carboxylic acids is 3. The van der Waals surface area contributed by atoms with Crippen LogP contribution in [-0.4, -0.2) is 48.3 Å². The molecule has 1 atom stereocenters. The summed E-state index contributed by atoms with van der Waals surface area (Å²) in [5, 5.41) is 2.89. The Kier molecular flexibility index (Phi) is 6.73. The molecule has 4 rings (SSSR count). The zero-order valence-corrected chi connectivity index (χ0v) is 18.3. The van der Waals surface area contributed by atoms with Gasteiger partial charge in [0.2, 0.25) is 5.91 Å². The van der Waals surface area contributed by atoms with Crippen LogP contribution in [0.25, 0.3) is 0 Å². The van der Waals surface area contributed by atoms with Gasteiger partial charge in [-0.3, -0.25) is 19.3 Å². The first-order chi connectivity index (χ1) is 15.1. The molecule has 3 amide bonds. The van der Waals surface area contributed by atoms with Crippen molar-refractivity contribution >= 4 is 23.4 Å². The molecular weight excluding hydrogens is 390 g/mol. The lowest BCUT2D eigenvalue weighted by molar-refractivity contribution is -0.125. The van der Waals surface area contributed by atoms with Gasteiger partial charge in [-0.2, -0.15) is 0 Å². The van der Waals surface area contributed by atoms with Gasteiger partial charge in [-0.15, -0.1) is 6.58 Å². The monoisotopic (exact) mass is 423 g/mol. The Morgan fingerprint density at radius 3 is 2.52 bits per heavy atom. The summed E-state index contributed by atoms with van der Waals surface area (Å²) in [4.78, 5) is 42.9.